The third-order valence-electron chi connectivity index (χ3n) is 2.58. The summed E-state index contributed by atoms with van der Waals surface area (Å²) in [5.74, 6) is -2.95. The maximum atomic E-state index is 12.0. The highest BCUT2D eigenvalue weighted by Crippen LogP contribution is 2.10. The third-order valence-corrected chi connectivity index (χ3v) is 2.58. The van der Waals surface area contributed by atoms with Gasteiger partial charge in [-0.05, 0) is 26.0 Å². The molecule has 0 aliphatic carbocycles. The van der Waals surface area contributed by atoms with E-state index >= 15 is 0 Å². The van der Waals surface area contributed by atoms with Crippen molar-refractivity contribution in [2.24, 2.45) is 0 Å². The summed E-state index contributed by atoms with van der Waals surface area (Å²) in [5.41, 5.74) is 0.174. The van der Waals surface area contributed by atoms with Crippen LogP contribution in [0.3, 0.4) is 0 Å². The largest absolute Gasteiger partial charge is 0.464 e. The summed E-state index contributed by atoms with van der Waals surface area (Å²) in [4.78, 5) is 35.3. The molecule has 0 spiro atoms. The van der Waals surface area contributed by atoms with Crippen molar-refractivity contribution in [3.63, 3.8) is 0 Å². The average Bonchev–Trinajstić information content (AvgIpc) is 2.53. The zero-order chi connectivity index (χ0) is 16.5. The van der Waals surface area contributed by atoms with Crippen LogP contribution in [0.1, 0.15) is 24.2 Å². The van der Waals surface area contributed by atoms with Crippen molar-refractivity contribution in [2.45, 2.75) is 26.1 Å². The molecule has 0 aliphatic rings. The highest BCUT2D eigenvalue weighted by atomic mass is 16.6. The van der Waals surface area contributed by atoms with Gasteiger partial charge in [0.25, 0.3) is 0 Å². The molecule has 0 saturated carbocycles. The van der Waals surface area contributed by atoms with Gasteiger partial charge in [0.15, 0.2) is 6.10 Å². The van der Waals surface area contributed by atoms with Crippen LogP contribution < -0.4 is 0 Å². The Labute approximate surface area is 127 Å². The summed E-state index contributed by atoms with van der Waals surface area (Å²) in [6, 6.07) is 7.87. The number of carbonyl (C=O) groups excluding carboxylic acids is 3. The first-order valence-corrected chi connectivity index (χ1v) is 6.78. The number of ether oxygens (including phenoxy) is 3. The van der Waals surface area contributed by atoms with Crippen LogP contribution in [0.4, 0.5) is 0 Å². The fraction of sp³-hybridized carbons (Fsp3) is 0.400. The molecule has 0 bridgehead atoms. The monoisotopic (exact) mass is 310 g/mol. The lowest BCUT2D eigenvalue weighted by molar-refractivity contribution is -0.172. The Balaban J connectivity index is 2.88. The van der Waals surface area contributed by atoms with E-state index in [2.05, 4.69) is 4.74 Å². The molecule has 0 aliphatic heterocycles. The number of aliphatic hydroxyl groups is 1. The second kappa shape index (κ2) is 8.78. The molecule has 7 heteroatoms. The molecule has 22 heavy (non-hydrogen) atoms. The minimum atomic E-state index is -1.95. The van der Waals surface area contributed by atoms with Crippen LogP contribution in [0.2, 0.25) is 0 Å². The lowest BCUT2D eigenvalue weighted by atomic mass is 10.2. The Hall–Kier alpha value is -2.41. The maximum Gasteiger partial charge on any atom is 0.350 e. The highest BCUT2D eigenvalue weighted by Gasteiger charge is 2.38. The standard InChI is InChI=1S/C15H18O7/c1-3-20-14(18)11(16)12(15(19)21-4-2)22-13(17)10-8-6-5-7-9-10/h5-9,11-12,16H,3-4H2,1-2H3. The van der Waals surface area contributed by atoms with E-state index in [1.165, 1.54) is 12.1 Å². The van der Waals surface area contributed by atoms with Gasteiger partial charge in [-0.2, -0.15) is 0 Å². The molecular weight excluding hydrogens is 292 g/mol. The van der Waals surface area contributed by atoms with Gasteiger partial charge in [-0.15, -0.1) is 0 Å². The van der Waals surface area contributed by atoms with Crippen molar-refractivity contribution in [3.8, 4) is 0 Å². The van der Waals surface area contributed by atoms with Gasteiger partial charge in [-0.3, -0.25) is 0 Å². The number of benzene rings is 1. The van der Waals surface area contributed by atoms with Crippen molar-refractivity contribution in [2.75, 3.05) is 13.2 Å². The molecule has 2 atom stereocenters. The van der Waals surface area contributed by atoms with Crippen LogP contribution in [0.15, 0.2) is 30.3 Å². The molecule has 0 radical (unpaired) electrons. The summed E-state index contributed by atoms with van der Waals surface area (Å²) in [6.07, 6.45) is -3.74. The van der Waals surface area contributed by atoms with E-state index < -0.39 is 30.1 Å². The fourth-order valence-electron chi connectivity index (χ4n) is 1.57. The molecular formula is C15H18O7. The summed E-state index contributed by atoms with van der Waals surface area (Å²) in [7, 11) is 0. The van der Waals surface area contributed by atoms with Gasteiger partial charge in [0.05, 0.1) is 18.8 Å². The molecule has 0 aromatic heterocycles. The van der Waals surface area contributed by atoms with E-state index in [0.717, 1.165) is 0 Å². The van der Waals surface area contributed by atoms with Crippen LogP contribution in [0.5, 0.6) is 0 Å². The first-order valence-electron chi connectivity index (χ1n) is 6.78. The summed E-state index contributed by atoms with van der Waals surface area (Å²) in [6.45, 7) is 3.11. The Morgan fingerprint density at radius 3 is 2.09 bits per heavy atom. The van der Waals surface area contributed by atoms with Crippen molar-refractivity contribution in [1.82, 2.24) is 0 Å². The lowest BCUT2D eigenvalue weighted by Crippen LogP contribution is -2.44. The maximum absolute atomic E-state index is 12.0. The van der Waals surface area contributed by atoms with Gasteiger partial charge in [0.1, 0.15) is 0 Å². The van der Waals surface area contributed by atoms with Gasteiger partial charge < -0.3 is 19.3 Å². The normalized spacial score (nSPS) is 12.9. The van der Waals surface area contributed by atoms with E-state index in [4.69, 9.17) is 9.47 Å². The van der Waals surface area contributed by atoms with Crippen molar-refractivity contribution in [3.05, 3.63) is 35.9 Å². The number of hydrogen-bond acceptors (Lipinski definition) is 7. The van der Waals surface area contributed by atoms with Gasteiger partial charge in [0, 0.05) is 0 Å². The Morgan fingerprint density at radius 2 is 1.55 bits per heavy atom. The van der Waals surface area contributed by atoms with E-state index in [-0.39, 0.29) is 18.8 Å². The van der Waals surface area contributed by atoms with Crippen LogP contribution >= 0.6 is 0 Å². The topological polar surface area (TPSA) is 99.1 Å². The molecule has 1 rings (SSSR count). The summed E-state index contributed by atoms with van der Waals surface area (Å²) in [5, 5.41) is 9.85. The molecule has 0 saturated heterocycles. The zero-order valence-electron chi connectivity index (χ0n) is 12.4. The summed E-state index contributed by atoms with van der Waals surface area (Å²) < 4.78 is 14.2. The number of aliphatic hydroxyl groups excluding tert-OH is 1. The summed E-state index contributed by atoms with van der Waals surface area (Å²) >= 11 is 0. The van der Waals surface area contributed by atoms with E-state index in [0.29, 0.717) is 0 Å². The smallest absolute Gasteiger partial charge is 0.350 e. The second-order valence-corrected chi connectivity index (χ2v) is 4.14. The van der Waals surface area contributed by atoms with Crippen molar-refractivity contribution >= 4 is 17.9 Å². The highest BCUT2D eigenvalue weighted by molar-refractivity contribution is 5.93. The molecule has 0 heterocycles. The van der Waals surface area contributed by atoms with Crippen molar-refractivity contribution < 1.29 is 33.7 Å². The lowest BCUT2D eigenvalue weighted by Gasteiger charge is -2.20. The van der Waals surface area contributed by atoms with Gasteiger partial charge >= 0.3 is 17.9 Å². The third kappa shape index (κ3) is 4.85. The Morgan fingerprint density at radius 1 is 1.00 bits per heavy atom. The molecule has 120 valence electrons. The molecule has 1 aromatic carbocycles. The van der Waals surface area contributed by atoms with E-state index in [9.17, 15) is 19.5 Å². The fourth-order valence-corrected chi connectivity index (χ4v) is 1.57. The number of carbonyl (C=O) groups is 3. The SMILES string of the molecule is CCOC(=O)C(O)C(OC(=O)c1ccccc1)C(=O)OCC. The zero-order valence-corrected chi connectivity index (χ0v) is 12.4. The first kappa shape index (κ1) is 17.6. The Bertz CT molecular complexity index is 512. The molecule has 1 aromatic rings. The van der Waals surface area contributed by atoms with Crippen molar-refractivity contribution in [1.29, 1.82) is 0 Å². The second-order valence-electron chi connectivity index (χ2n) is 4.14. The molecule has 2 unspecified atom stereocenters. The molecule has 0 fully saturated rings. The van der Waals surface area contributed by atoms with Crippen LogP contribution in [-0.2, 0) is 23.8 Å². The quantitative estimate of drug-likeness (QED) is 0.584. The van der Waals surface area contributed by atoms with Gasteiger partial charge in [-0.25, -0.2) is 14.4 Å². The first-order chi connectivity index (χ1) is 10.5. The average molecular weight is 310 g/mol. The number of hydrogen-bond donors (Lipinski definition) is 1. The van der Waals surface area contributed by atoms with Crippen LogP contribution in [0.25, 0.3) is 0 Å². The predicted octanol–water partition coefficient (Wildman–Crippen LogP) is 0.699. The molecule has 0 amide bonds. The van der Waals surface area contributed by atoms with Gasteiger partial charge in [0.2, 0.25) is 6.10 Å². The Kier molecular flexibility index (Phi) is 7.04. The number of esters is 3. The molecule has 7 nitrogen and oxygen atoms in total. The van der Waals surface area contributed by atoms with Crippen LogP contribution in [-0.4, -0.2) is 48.4 Å². The minimum absolute atomic E-state index is 0.00770. The van der Waals surface area contributed by atoms with Crippen LogP contribution in [0, 0.1) is 0 Å². The van der Waals surface area contributed by atoms with E-state index in [1.54, 1.807) is 32.0 Å². The van der Waals surface area contributed by atoms with E-state index in [1.807, 2.05) is 0 Å². The predicted molar refractivity (Wildman–Crippen MR) is 74.9 cm³/mol. The molecule has 1 N–H and O–H groups in total. The number of rotatable bonds is 7. The van der Waals surface area contributed by atoms with Gasteiger partial charge in [-0.1, -0.05) is 18.2 Å². The minimum Gasteiger partial charge on any atom is -0.464 e.